The molecule has 0 heterocycles. The van der Waals surface area contributed by atoms with Crippen molar-refractivity contribution in [1.82, 2.24) is 4.90 Å². The molecule has 6 nitrogen and oxygen atoms in total. The SMILES string of the molecule is C=CCOc1cccc(NC(=O)CNc2ccc(C(=O)N(CC)CC)cc2)c1. The highest BCUT2D eigenvalue weighted by atomic mass is 16.5. The lowest BCUT2D eigenvalue weighted by atomic mass is 10.1. The summed E-state index contributed by atoms with van der Waals surface area (Å²) in [5, 5.41) is 5.88. The Morgan fingerprint density at radius 2 is 1.79 bits per heavy atom. The van der Waals surface area contributed by atoms with Gasteiger partial charge in [0.05, 0.1) is 6.54 Å². The van der Waals surface area contributed by atoms with E-state index in [1.165, 1.54) is 0 Å². The van der Waals surface area contributed by atoms with E-state index in [1.54, 1.807) is 47.4 Å². The summed E-state index contributed by atoms with van der Waals surface area (Å²) in [7, 11) is 0. The van der Waals surface area contributed by atoms with Crippen LogP contribution in [0, 0.1) is 0 Å². The number of nitrogens with one attached hydrogen (secondary N) is 2. The van der Waals surface area contributed by atoms with Crippen LogP contribution in [0.25, 0.3) is 0 Å². The van der Waals surface area contributed by atoms with Gasteiger partial charge in [0.1, 0.15) is 12.4 Å². The topological polar surface area (TPSA) is 70.7 Å². The molecule has 2 rings (SSSR count). The highest BCUT2D eigenvalue weighted by Crippen LogP contribution is 2.17. The molecule has 148 valence electrons. The summed E-state index contributed by atoms with van der Waals surface area (Å²) in [6.07, 6.45) is 1.66. The van der Waals surface area contributed by atoms with Crippen molar-refractivity contribution in [3.63, 3.8) is 0 Å². The van der Waals surface area contributed by atoms with Crippen LogP contribution in [0.1, 0.15) is 24.2 Å². The number of anilines is 2. The molecule has 0 unspecified atom stereocenters. The van der Waals surface area contributed by atoms with Gasteiger partial charge in [-0.2, -0.15) is 0 Å². The monoisotopic (exact) mass is 381 g/mol. The summed E-state index contributed by atoms with van der Waals surface area (Å²) >= 11 is 0. The summed E-state index contributed by atoms with van der Waals surface area (Å²) in [6, 6.07) is 14.3. The lowest BCUT2D eigenvalue weighted by molar-refractivity contribution is -0.114. The number of rotatable bonds is 10. The van der Waals surface area contributed by atoms with E-state index in [1.807, 2.05) is 26.0 Å². The first-order valence-corrected chi connectivity index (χ1v) is 9.34. The van der Waals surface area contributed by atoms with Crippen LogP contribution in [0.5, 0.6) is 5.75 Å². The Labute approximate surface area is 166 Å². The minimum atomic E-state index is -0.177. The second-order valence-corrected chi connectivity index (χ2v) is 6.08. The first-order chi connectivity index (χ1) is 13.6. The number of carbonyl (C=O) groups is 2. The van der Waals surface area contributed by atoms with Gasteiger partial charge in [0, 0.05) is 36.1 Å². The zero-order chi connectivity index (χ0) is 20.4. The van der Waals surface area contributed by atoms with E-state index in [2.05, 4.69) is 17.2 Å². The average molecular weight is 381 g/mol. The standard InChI is InChI=1S/C22H27N3O3/c1-4-14-28-20-9-7-8-19(15-20)24-21(26)16-23-18-12-10-17(11-13-18)22(27)25(5-2)6-3/h4,7-13,15,23H,1,5-6,14,16H2,2-3H3,(H,24,26). The Hall–Kier alpha value is -3.28. The number of ether oxygens (including phenoxy) is 1. The number of benzene rings is 2. The first kappa shape index (κ1) is 21.0. The first-order valence-electron chi connectivity index (χ1n) is 9.34. The molecule has 0 saturated heterocycles. The van der Waals surface area contributed by atoms with Gasteiger partial charge in [-0.05, 0) is 50.2 Å². The molecule has 0 bridgehead atoms. The van der Waals surface area contributed by atoms with Crippen molar-refractivity contribution in [2.75, 3.05) is 36.9 Å². The van der Waals surface area contributed by atoms with Crippen molar-refractivity contribution in [2.45, 2.75) is 13.8 Å². The van der Waals surface area contributed by atoms with Crippen molar-refractivity contribution in [2.24, 2.45) is 0 Å². The van der Waals surface area contributed by atoms with Crippen LogP contribution < -0.4 is 15.4 Å². The lowest BCUT2D eigenvalue weighted by Crippen LogP contribution is -2.30. The van der Waals surface area contributed by atoms with E-state index < -0.39 is 0 Å². The zero-order valence-corrected chi connectivity index (χ0v) is 16.4. The normalized spacial score (nSPS) is 10.1. The fourth-order valence-corrected chi connectivity index (χ4v) is 2.63. The van der Waals surface area contributed by atoms with Crippen LogP contribution in [0.4, 0.5) is 11.4 Å². The Morgan fingerprint density at radius 1 is 1.07 bits per heavy atom. The van der Waals surface area contributed by atoms with Gasteiger partial charge in [-0.1, -0.05) is 18.7 Å². The molecule has 2 N–H and O–H groups in total. The quantitative estimate of drug-likeness (QED) is 0.615. The van der Waals surface area contributed by atoms with Gasteiger partial charge in [0.25, 0.3) is 5.91 Å². The molecule has 0 aliphatic heterocycles. The van der Waals surface area contributed by atoms with Gasteiger partial charge in [-0.3, -0.25) is 9.59 Å². The highest BCUT2D eigenvalue weighted by Gasteiger charge is 2.12. The molecular formula is C22H27N3O3. The zero-order valence-electron chi connectivity index (χ0n) is 16.4. The van der Waals surface area contributed by atoms with E-state index >= 15 is 0 Å². The van der Waals surface area contributed by atoms with E-state index in [-0.39, 0.29) is 18.4 Å². The maximum atomic E-state index is 12.3. The van der Waals surface area contributed by atoms with Crippen molar-refractivity contribution >= 4 is 23.2 Å². The predicted molar refractivity (Wildman–Crippen MR) is 113 cm³/mol. The molecule has 0 radical (unpaired) electrons. The molecule has 6 heteroatoms. The number of hydrogen-bond acceptors (Lipinski definition) is 4. The summed E-state index contributed by atoms with van der Waals surface area (Å²) in [4.78, 5) is 26.2. The lowest BCUT2D eigenvalue weighted by Gasteiger charge is -2.18. The number of hydrogen-bond donors (Lipinski definition) is 2. The van der Waals surface area contributed by atoms with Gasteiger partial charge in [-0.15, -0.1) is 0 Å². The van der Waals surface area contributed by atoms with Gasteiger partial charge in [0.2, 0.25) is 5.91 Å². The summed E-state index contributed by atoms with van der Waals surface area (Å²) in [6.45, 7) is 9.39. The second-order valence-electron chi connectivity index (χ2n) is 6.08. The molecule has 0 aliphatic carbocycles. The molecule has 28 heavy (non-hydrogen) atoms. The minimum absolute atomic E-state index is 0.00727. The molecule has 0 saturated carbocycles. The fourth-order valence-electron chi connectivity index (χ4n) is 2.63. The fraction of sp³-hybridized carbons (Fsp3) is 0.273. The van der Waals surface area contributed by atoms with E-state index in [4.69, 9.17) is 4.74 Å². The Morgan fingerprint density at radius 3 is 2.43 bits per heavy atom. The van der Waals surface area contributed by atoms with Gasteiger partial charge < -0.3 is 20.3 Å². The number of amides is 2. The smallest absolute Gasteiger partial charge is 0.253 e. The van der Waals surface area contributed by atoms with Gasteiger partial charge >= 0.3 is 0 Å². The van der Waals surface area contributed by atoms with Crippen LogP contribution in [-0.2, 0) is 4.79 Å². The molecule has 0 aromatic heterocycles. The maximum absolute atomic E-state index is 12.3. The average Bonchev–Trinajstić information content (AvgIpc) is 2.72. The number of carbonyl (C=O) groups excluding carboxylic acids is 2. The van der Waals surface area contributed by atoms with Crippen LogP contribution in [0.3, 0.4) is 0 Å². The maximum Gasteiger partial charge on any atom is 0.253 e. The van der Waals surface area contributed by atoms with E-state index in [9.17, 15) is 9.59 Å². The Balaban J connectivity index is 1.87. The molecular weight excluding hydrogens is 354 g/mol. The van der Waals surface area contributed by atoms with Crippen molar-refractivity contribution in [1.29, 1.82) is 0 Å². The molecule has 2 aromatic rings. The van der Waals surface area contributed by atoms with Crippen molar-refractivity contribution in [3.8, 4) is 5.75 Å². The number of nitrogens with zero attached hydrogens (tertiary/aromatic N) is 1. The Kier molecular flexibility index (Phi) is 8.09. The van der Waals surface area contributed by atoms with Gasteiger partial charge in [-0.25, -0.2) is 0 Å². The molecule has 0 aliphatic rings. The molecule has 0 atom stereocenters. The van der Waals surface area contributed by atoms with E-state index in [0.717, 1.165) is 5.69 Å². The van der Waals surface area contributed by atoms with Crippen LogP contribution in [0.15, 0.2) is 61.2 Å². The van der Waals surface area contributed by atoms with Crippen molar-refractivity contribution in [3.05, 3.63) is 66.7 Å². The minimum Gasteiger partial charge on any atom is -0.489 e. The second kappa shape index (κ2) is 10.8. The summed E-state index contributed by atoms with van der Waals surface area (Å²) in [5.74, 6) is 0.496. The van der Waals surface area contributed by atoms with Gasteiger partial charge in [0.15, 0.2) is 0 Å². The third-order valence-electron chi connectivity index (χ3n) is 4.12. The Bertz CT molecular complexity index is 799. The highest BCUT2D eigenvalue weighted by molar-refractivity contribution is 5.95. The van der Waals surface area contributed by atoms with Crippen LogP contribution in [0.2, 0.25) is 0 Å². The largest absolute Gasteiger partial charge is 0.489 e. The summed E-state index contributed by atoms with van der Waals surface area (Å²) in [5.41, 5.74) is 2.07. The molecule has 0 fully saturated rings. The summed E-state index contributed by atoms with van der Waals surface area (Å²) < 4.78 is 5.45. The third-order valence-corrected chi connectivity index (χ3v) is 4.12. The van der Waals surface area contributed by atoms with Crippen LogP contribution >= 0.6 is 0 Å². The third kappa shape index (κ3) is 6.16. The molecule has 2 aromatic carbocycles. The van der Waals surface area contributed by atoms with E-state index in [0.29, 0.717) is 36.7 Å². The van der Waals surface area contributed by atoms with Crippen LogP contribution in [-0.4, -0.2) is 43.0 Å². The molecule has 2 amide bonds. The molecule has 0 spiro atoms. The predicted octanol–water partition coefficient (Wildman–Crippen LogP) is 3.78. The van der Waals surface area contributed by atoms with Crippen molar-refractivity contribution < 1.29 is 14.3 Å².